The lowest BCUT2D eigenvalue weighted by atomic mass is 10.2. The molecule has 1 aliphatic heterocycles. The van der Waals surface area contributed by atoms with Crippen LogP contribution in [0.5, 0.6) is 0 Å². The molecule has 0 aliphatic carbocycles. The second-order valence-electron chi connectivity index (χ2n) is 5.78. The van der Waals surface area contributed by atoms with Crippen LogP contribution in [0.1, 0.15) is 11.3 Å². The summed E-state index contributed by atoms with van der Waals surface area (Å²) in [7, 11) is 0. The van der Waals surface area contributed by atoms with Crippen LogP contribution in [0.15, 0.2) is 35.1 Å². The molecular weight excluding hydrogens is 294 g/mol. The highest BCUT2D eigenvalue weighted by atomic mass is 16.5. The fourth-order valence-electron chi connectivity index (χ4n) is 2.67. The van der Waals surface area contributed by atoms with Gasteiger partial charge in [0.15, 0.2) is 5.82 Å². The van der Waals surface area contributed by atoms with Crippen LogP contribution in [0.2, 0.25) is 0 Å². The molecule has 2 aromatic heterocycles. The maximum absolute atomic E-state index is 12.0. The molecule has 0 saturated carbocycles. The smallest absolute Gasteiger partial charge is 0.239 e. The lowest BCUT2D eigenvalue weighted by molar-refractivity contribution is -0.117. The summed E-state index contributed by atoms with van der Waals surface area (Å²) in [5, 5.41) is 6.52. The van der Waals surface area contributed by atoms with Crippen LogP contribution in [-0.2, 0) is 11.3 Å². The standard InChI is InChI=1S/C16H21N5O2/c1-13-9-15(19-23-13)18-16(22)12-21-7-5-20(6-8-21)11-14-3-2-4-17-10-14/h2-4,9-10H,5-8,11-12H2,1H3,(H,18,19,22). The molecule has 3 rings (SSSR count). The lowest BCUT2D eigenvalue weighted by Crippen LogP contribution is -2.48. The fourth-order valence-corrected chi connectivity index (χ4v) is 2.67. The molecule has 0 atom stereocenters. The first-order valence-electron chi connectivity index (χ1n) is 7.76. The van der Waals surface area contributed by atoms with E-state index in [1.54, 1.807) is 19.2 Å². The van der Waals surface area contributed by atoms with E-state index < -0.39 is 0 Å². The molecular formula is C16H21N5O2. The number of aryl methyl sites for hydroxylation is 1. The van der Waals surface area contributed by atoms with Gasteiger partial charge in [-0.25, -0.2) is 0 Å². The van der Waals surface area contributed by atoms with Gasteiger partial charge >= 0.3 is 0 Å². The number of rotatable bonds is 5. The number of aromatic nitrogens is 2. The first-order valence-corrected chi connectivity index (χ1v) is 7.76. The number of pyridine rings is 1. The number of hydrogen-bond acceptors (Lipinski definition) is 6. The molecule has 122 valence electrons. The number of nitrogens with zero attached hydrogens (tertiary/aromatic N) is 4. The Bertz CT molecular complexity index is 635. The molecule has 1 amide bonds. The lowest BCUT2D eigenvalue weighted by Gasteiger charge is -2.34. The minimum absolute atomic E-state index is 0.0565. The van der Waals surface area contributed by atoms with Gasteiger partial charge in [-0.05, 0) is 18.6 Å². The zero-order valence-electron chi connectivity index (χ0n) is 13.2. The van der Waals surface area contributed by atoms with Crippen molar-refractivity contribution < 1.29 is 9.32 Å². The molecule has 7 nitrogen and oxygen atoms in total. The van der Waals surface area contributed by atoms with Gasteiger partial charge in [-0.1, -0.05) is 11.2 Å². The van der Waals surface area contributed by atoms with Gasteiger partial charge in [0.05, 0.1) is 6.54 Å². The number of hydrogen-bond donors (Lipinski definition) is 1. The third-order valence-corrected chi connectivity index (χ3v) is 3.86. The highest BCUT2D eigenvalue weighted by Crippen LogP contribution is 2.09. The van der Waals surface area contributed by atoms with Gasteiger partial charge in [0.1, 0.15) is 5.76 Å². The molecule has 1 N–H and O–H groups in total. The van der Waals surface area contributed by atoms with Crippen LogP contribution in [-0.4, -0.2) is 58.6 Å². The summed E-state index contributed by atoms with van der Waals surface area (Å²) >= 11 is 0. The van der Waals surface area contributed by atoms with E-state index in [9.17, 15) is 4.79 Å². The zero-order chi connectivity index (χ0) is 16.1. The molecule has 0 spiro atoms. The van der Waals surface area contributed by atoms with Gasteiger partial charge in [0.2, 0.25) is 5.91 Å². The van der Waals surface area contributed by atoms with E-state index in [0.717, 1.165) is 32.7 Å². The SMILES string of the molecule is Cc1cc(NC(=O)CN2CCN(Cc3cccnc3)CC2)no1. The summed E-state index contributed by atoms with van der Waals surface area (Å²) in [6.07, 6.45) is 3.69. The molecule has 3 heterocycles. The number of carbonyl (C=O) groups is 1. The molecule has 2 aromatic rings. The highest BCUT2D eigenvalue weighted by molar-refractivity contribution is 5.91. The van der Waals surface area contributed by atoms with Crippen molar-refractivity contribution in [3.8, 4) is 0 Å². The van der Waals surface area contributed by atoms with Gasteiger partial charge in [0.25, 0.3) is 0 Å². The summed E-state index contributed by atoms with van der Waals surface area (Å²) in [5.41, 5.74) is 1.22. The average molecular weight is 315 g/mol. The van der Waals surface area contributed by atoms with Crippen molar-refractivity contribution in [3.63, 3.8) is 0 Å². The van der Waals surface area contributed by atoms with Crippen LogP contribution in [0.4, 0.5) is 5.82 Å². The Kier molecular flexibility index (Phi) is 4.99. The molecule has 0 bridgehead atoms. The fraction of sp³-hybridized carbons (Fsp3) is 0.438. The van der Waals surface area contributed by atoms with Crippen molar-refractivity contribution in [1.82, 2.24) is 19.9 Å². The summed E-state index contributed by atoms with van der Waals surface area (Å²) in [4.78, 5) is 20.7. The largest absolute Gasteiger partial charge is 0.360 e. The van der Waals surface area contributed by atoms with Crippen molar-refractivity contribution in [2.75, 3.05) is 38.0 Å². The van der Waals surface area contributed by atoms with Crippen molar-refractivity contribution in [3.05, 3.63) is 41.9 Å². The van der Waals surface area contributed by atoms with Crippen LogP contribution in [0.3, 0.4) is 0 Å². The van der Waals surface area contributed by atoms with E-state index in [-0.39, 0.29) is 5.91 Å². The first kappa shape index (κ1) is 15.6. The third-order valence-electron chi connectivity index (χ3n) is 3.86. The second kappa shape index (κ2) is 7.34. The van der Waals surface area contributed by atoms with Gasteiger partial charge in [-0.3, -0.25) is 19.6 Å². The van der Waals surface area contributed by atoms with Gasteiger partial charge < -0.3 is 9.84 Å². The minimum atomic E-state index is -0.0565. The summed E-state index contributed by atoms with van der Waals surface area (Å²) in [6, 6.07) is 5.76. The summed E-state index contributed by atoms with van der Waals surface area (Å²) in [6.45, 7) is 6.75. The van der Waals surface area contributed by atoms with E-state index in [0.29, 0.717) is 18.1 Å². The van der Waals surface area contributed by atoms with E-state index in [1.165, 1.54) is 5.56 Å². The number of nitrogens with one attached hydrogen (secondary N) is 1. The van der Waals surface area contributed by atoms with E-state index in [4.69, 9.17) is 4.52 Å². The van der Waals surface area contributed by atoms with Gasteiger partial charge in [0, 0.05) is 51.2 Å². The number of amides is 1. The molecule has 0 unspecified atom stereocenters. The Morgan fingerprint density at radius 3 is 2.74 bits per heavy atom. The Morgan fingerprint density at radius 2 is 2.09 bits per heavy atom. The number of piperazine rings is 1. The average Bonchev–Trinajstić information content (AvgIpc) is 2.95. The molecule has 0 radical (unpaired) electrons. The molecule has 1 aliphatic rings. The Balaban J connectivity index is 1.41. The van der Waals surface area contributed by atoms with Crippen LogP contribution < -0.4 is 5.32 Å². The third kappa shape index (κ3) is 4.61. The number of carbonyl (C=O) groups excluding carboxylic acids is 1. The maximum atomic E-state index is 12.0. The Morgan fingerprint density at radius 1 is 1.30 bits per heavy atom. The van der Waals surface area contributed by atoms with Crippen LogP contribution in [0.25, 0.3) is 0 Å². The molecule has 1 fully saturated rings. The van der Waals surface area contributed by atoms with Crippen LogP contribution in [0, 0.1) is 6.92 Å². The summed E-state index contributed by atoms with van der Waals surface area (Å²) < 4.78 is 4.94. The predicted octanol–water partition coefficient (Wildman–Crippen LogP) is 1.13. The Labute approximate surface area is 135 Å². The monoisotopic (exact) mass is 315 g/mol. The van der Waals surface area contributed by atoms with Crippen molar-refractivity contribution >= 4 is 11.7 Å². The van der Waals surface area contributed by atoms with Gasteiger partial charge in [-0.15, -0.1) is 0 Å². The quantitative estimate of drug-likeness (QED) is 0.892. The maximum Gasteiger partial charge on any atom is 0.239 e. The minimum Gasteiger partial charge on any atom is -0.360 e. The van der Waals surface area contributed by atoms with Crippen molar-refractivity contribution in [1.29, 1.82) is 0 Å². The molecule has 1 saturated heterocycles. The molecule has 7 heteroatoms. The Hall–Kier alpha value is -2.25. The zero-order valence-corrected chi connectivity index (χ0v) is 13.2. The highest BCUT2D eigenvalue weighted by Gasteiger charge is 2.19. The van der Waals surface area contributed by atoms with Crippen LogP contribution >= 0.6 is 0 Å². The second-order valence-corrected chi connectivity index (χ2v) is 5.78. The first-order chi connectivity index (χ1) is 11.2. The number of anilines is 1. The summed E-state index contributed by atoms with van der Waals surface area (Å²) in [5.74, 6) is 1.10. The predicted molar refractivity (Wildman–Crippen MR) is 85.8 cm³/mol. The molecule has 0 aromatic carbocycles. The van der Waals surface area contributed by atoms with Gasteiger partial charge in [-0.2, -0.15) is 0 Å². The van der Waals surface area contributed by atoms with Crippen molar-refractivity contribution in [2.45, 2.75) is 13.5 Å². The normalized spacial score (nSPS) is 16.4. The van der Waals surface area contributed by atoms with E-state index in [2.05, 4.69) is 31.3 Å². The molecule has 23 heavy (non-hydrogen) atoms. The van der Waals surface area contributed by atoms with E-state index >= 15 is 0 Å². The van der Waals surface area contributed by atoms with E-state index in [1.807, 2.05) is 12.3 Å². The van der Waals surface area contributed by atoms with Crippen molar-refractivity contribution in [2.24, 2.45) is 0 Å². The topological polar surface area (TPSA) is 74.5 Å².